The van der Waals surface area contributed by atoms with E-state index in [-0.39, 0.29) is 31.4 Å². The van der Waals surface area contributed by atoms with Crippen LogP contribution in [0.25, 0.3) is 11.1 Å². The summed E-state index contributed by atoms with van der Waals surface area (Å²) in [6, 6.07) is 15.4. The maximum atomic E-state index is 12.1. The number of ether oxygens (including phenoxy) is 1. The van der Waals surface area contributed by atoms with Crippen LogP contribution in [0, 0.1) is 0 Å². The molecule has 2 aromatic carbocycles. The third-order valence-corrected chi connectivity index (χ3v) is 5.58. The zero-order valence-electron chi connectivity index (χ0n) is 15.8. The Labute approximate surface area is 168 Å². The molecule has 1 aliphatic heterocycles. The third kappa shape index (κ3) is 3.68. The summed E-state index contributed by atoms with van der Waals surface area (Å²) in [4.78, 5) is 36.4. The molecule has 0 saturated carbocycles. The number of hydrogen-bond donors (Lipinski definition) is 2. The standard InChI is InChI=1S/C22H22N2O5/c25-20(24-12-10-19(24)21(26)27)9-11-23-22(28)29-13-18-16-7-3-1-5-14(16)15-6-2-4-8-17(15)18/h1-8,18-19H,9-13H2,(H,23,28)(H,26,27). The molecule has 1 atom stereocenters. The molecule has 7 heteroatoms. The second-order valence-electron chi connectivity index (χ2n) is 7.23. The molecule has 1 aliphatic carbocycles. The van der Waals surface area contributed by atoms with Crippen LogP contribution in [0.15, 0.2) is 48.5 Å². The molecule has 0 radical (unpaired) electrons. The second kappa shape index (κ2) is 7.95. The highest BCUT2D eigenvalue weighted by Crippen LogP contribution is 2.44. The fourth-order valence-corrected chi connectivity index (χ4v) is 4.01. The van der Waals surface area contributed by atoms with Crippen LogP contribution in [-0.4, -0.2) is 53.7 Å². The first-order valence-electron chi connectivity index (χ1n) is 9.67. The van der Waals surface area contributed by atoms with Crippen molar-refractivity contribution in [3.8, 4) is 11.1 Å². The number of carbonyl (C=O) groups is 3. The van der Waals surface area contributed by atoms with E-state index in [1.165, 1.54) is 4.90 Å². The average Bonchev–Trinajstić information content (AvgIpc) is 2.99. The number of rotatable bonds is 6. The van der Waals surface area contributed by atoms with Crippen molar-refractivity contribution >= 4 is 18.0 Å². The summed E-state index contributed by atoms with van der Waals surface area (Å²) in [7, 11) is 0. The number of alkyl carbamates (subject to hydrolysis) is 1. The monoisotopic (exact) mass is 394 g/mol. The molecule has 1 saturated heterocycles. The first-order valence-corrected chi connectivity index (χ1v) is 9.67. The summed E-state index contributed by atoms with van der Waals surface area (Å²) in [5.41, 5.74) is 4.58. The van der Waals surface area contributed by atoms with E-state index < -0.39 is 18.1 Å². The molecule has 0 bridgehead atoms. The highest BCUT2D eigenvalue weighted by Gasteiger charge is 2.37. The van der Waals surface area contributed by atoms with Crippen molar-refractivity contribution in [3.63, 3.8) is 0 Å². The van der Waals surface area contributed by atoms with Crippen molar-refractivity contribution < 1.29 is 24.2 Å². The molecule has 2 aromatic rings. The molecule has 2 N–H and O–H groups in total. The molecule has 1 heterocycles. The largest absolute Gasteiger partial charge is 0.480 e. The van der Waals surface area contributed by atoms with Gasteiger partial charge in [0.25, 0.3) is 0 Å². The Kier molecular flexibility index (Phi) is 5.20. The average molecular weight is 394 g/mol. The number of fused-ring (bicyclic) bond motifs is 3. The SMILES string of the molecule is O=C(NCCC(=O)N1CCC1C(=O)O)OCC1c2ccccc2-c2ccccc21. The number of amides is 2. The van der Waals surface area contributed by atoms with Crippen LogP contribution >= 0.6 is 0 Å². The number of nitrogens with one attached hydrogen (secondary N) is 1. The number of carboxylic acids is 1. The van der Waals surface area contributed by atoms with Crippen LogP contribution in [0.3, 0.4) is 0 Å². The van der Waals surface area contributed by atoms with Gasteiger partial charge in [0.15, 0.2) is 0 Å². The molecule has 150 valence electrons. The lowest BCUT2D eigenvalue weighted by atomic mass is 9.98. The van der Waals surface area contributed by atoms with Gasteiger partial charge in [0, 0.05) is 25.4 Å². The molecule has 2 amide bonds. The number of carbonyl (C=O) groups excluding carboxylic acids is 2. The molecule has 2 aliphatic rings. The van der Waals surface area contributed by atoms with Gasteiger partial charge in [-0.25, -0.2) is 9.59 Å². The number of nitrogens with zero attached hydrogens (tertiary/aromatic N) is 1. The molecule has 1 unspecified atom stereocenters. The Morgan fingerprint density at radius 1 is 1.03 bits per heavy atom. The number of aliphatic carboxylic acids is 1. The summed E-state index contributed by atoms with van der Waals surface area (Å²) in [6.07, 6.45) is -0.0625. The number of benzene rings is 2. The third-order valence-electron chi connectivity index (χ3n) is 5.58. The quantitative estimate of drug-likeness (QED) is 0.785. The summed E-state index contributed by atoms with van der Waals surface area (Å²) in [5.74, 6) is -1.29. The van der Waals surface area contributed by atoms with Crippen molar-refractivity contribution in [1.82, 2.24) is 10.2 Å². The highest BCUT2D eigenvalue weighted by atomic mass is 16.5. The summed E-state index contributed by atoms with van der Waals surface area (Å²) >= 11 is 0. The van der Waals surface area contributed by atoms with Crippen molar-refractivity contribution in [3.05, 3.63) is 59.7 Å². The van der Waals surface area contributed by atoms with E-state index in [1.54, 1.807) is 0 Å². The fraction of sp³-hybridized carbons (Fsp3) is 0.318. The van der Waals surface area contributed by atoms with E-state index >= 15 is 0 Å². The molecule has 1 fully saturated rings. The lowest BCUT2D eigenvalue weighted by Crippen LogP contribution is -2.55. The van der Waals surface area contributed by atoms with E-state index in [9.17, 15) is 14.4 Å². The Morgan fingerprint density at radius 2 is 1.66 bits per heavy atom. The van der Waals surface area contributed by atoms with Gasteiger partial charge >= 0.3 is 12.1 Å². The van der Waals surface area contributed by atoms with Gasteiger partial charge in [-0.15, -0.1) is 0 Å². The lowest BCUT2D eigenvalue weighted by Gasteiger charge is -2.38. The van der Waals surface area contributed by atoms with Crippen molar-refractivity contribution in [2.45, 2.75) is 24.8 Å². The van der Waals surface area contributed by atoms with E-state index in [0.717, 1.165) is 22.3 Å². The first kappa shape index (κ1) is 19.0. The molecule has 29 heavy (non-hydrogen) atoms. The minimum atomic E-state index is -0.992. The molecular weight excluding hydrogens is 372 g/mol. The second-order valence-corrected chi connectivity index (χ2v) is 7.23. The maximum Gasteiger partial charge on any atom is 0.407 e. The summed E-state index contributed by atoms with van der Waals surface area (Å²) < 4.78 is 5.41. The Hall–Kier alpha value is -3.35. The van der Waals surface area contributed by atoms with Crippen LogP contribution in [0.5, 0.6) is 0 Å². The van der Waals surface area contributed by atoms with Crippen LogP contribution in [0.1, 0.15) is 29.9 Å². The van der Waals surface area contributed by atoms with E-state index in [4.69, 9.17) is 9.84 Å². The van der Waals surface area contributed by atoms with Crippen LogP contribution in [0.4, 0.5) is 4.79 Å². The van der Waals surface area contributed by atoms with Gasteiger partial charge in [-0.2, -0.15) is 0 Å². The fourth-order valence-electron chi connectivity index (χ4n) is 4.01. The highest BCUT2D eigenvalue weighted by molar-refractivity contribution is 5.85. The van der Waals surface area contributed by atoms with E-state index in [2.05, 4.69) is 17.4 Å². The zero-order chi connectivity index (χ0) is 20.4. The Morgan fingerprint density at radius 3 is 2.21 bits per heavy atom. The molecule has 4 rings (SSSR count). The van der Waals surface area contributed by atoms with Crippen molar-refractivity contribution in [2.75, 3.05) is 19.7 Å². The van der Waals surface area contributed by atoms with Crippen LogP contribution < -0.4 is 5.32 Å². The minimum Gasteiger partial charge on any atom is -0.480 e. The number of hydrogen-bond acceptors (Lipinski definition) is 4. The molecule has 0 spiro atoms. The molecular formula is C22H22N2O5. The first-order chi connectivity index (χ1) is 14.1. The van der Waals surface area contributed by atoms with Gasteiger partial charge < -0.3 is 20.1 Å². The van der Waals surface area contributed by atoms with Gasteiger partial charge in [0.05, 0.1) is 0 Å². The van der Waals surface area contributed by atoms with Gasteiger partial charge in [0.1, 0.15) is 12.6 Å². The zero-order valence-corrected chi connectivity index (χ0v) is 15.8. The molecule has 7 nitrogen and oxygen atoms in total. The number of likely N-dealkylation sites (tertiary alicyclic amines) is 1. The lowest BCUT2D eigenvalue weighted by molar-refractivity contribution is -0.157. The van der Waals surface area contributed by atoms with Crippen LogP contribution in [0.2, 0.25) is 0 Å². The van der Waals surface area contributed by atoms with Crippen molar-refractivity contribution in [1.29, 1.82) is 0 Å². The van der Waals surface area contributed by atoms with Crippen molar-refractivity contribution in [2.24, 2.45) is 0 Å². The van der Waals surface area contributed by atoms with Gasteiger partial charge in [-0.05, 0) is 28.7 Å². The molecule has 0 aromatic heterocycles. The van der Waals surface area contributed by atoms with Gasteiger partial charge in [-0.1, -0.05) is 48.5 Å². The number of carboxylic acid groups (broad SMARTS) is 1. The summed E-state index contributed by atoms with van der Waals surface area (Å²) in [5, 5.41) is 11.6. The topological polar surface area (TPSA) is 95.9 Å². The Bertz CT molecular complexity index is 912. The van der Waals surface area contributed by atoms with E-state index in [0.29, 0.717) is 13.0 Å². The predicted octanol–water partition coefficient (Wildman–Crippen LogP) is 2.60. The van der Waals surface area contributed by atoms with Gasteiger partial charge in [-0.3, -0.25) is 4.79 Å². The van der Waals surface area contributed by atoms with Crippen LogP contribution in [-0.2, 0) is 14.3 Å². The predicted molar refractivity (Wildman–Crippen MR) is 105 cm³/mol. The van der Waals surface area contributed by atoms with E-state index in [1.807, 2.05) is 36.4 Å². The summed E-state index contributed by atoms with van der Waals surface area (Å²) in [6.45, 7) is 0.764. The smallest absolute Gasteiger partial charge is 0.407 e. The maximum absolute atomic E-state index is 12.1. The Balaban J connectivity index is 1.28. The van der Waals surface area contributed by atoms with Gasteiger partial charge in [0.2, 0.25) is 5.91 Å². The minimum absolute atomic E-state index is 0.0211. The normalized spacial score (nSPS) is 17.1.